The van der Waals surface area contributed by atoms with E-state index in [1.54, 1.807) is 6.92 Å². The van der Waals surface area contributed by atoms with Gasteiger partial charge in [-0.2, -0.15) is 0 Å². The highest BCUT2D eigenvalue weighted by molar-refractivity contribution is 8.00. The zero-order valence-electron chi connectivity index (χ0n) is 11.1. The molecule has 0 bridgehead atoms. The summed E-state index contributed by atoms with van der Waals surface area (Å²) in [4.78, 5) is 12.4. The zero-order valence-corrected chi connectivity index (χ0v) is 12.6. The van der Waals surface area contributed by atoms with Gasteiger partial charge in [-0.05, 0) is 32.4 Å². The van der Waals surface area contributed by atoms with Crippen molar-refractivity contribution in [3.05, 3.63) is 23.0 Å². The highest BCUT2D eigenvalue weighted by Gasteiger charge is 2.20. The molecule has 0 saturated heterocycles. The first-order chi connectivity index (χ1) is 8.85. The van der Waals surface area contributed by atoms with E-state index in [4.69, 9.17) is 22.1 Å². The fraction of sp³-hybridized carbons (Fsp3) is 0.462. The van der Waals surface area contributed by atoms with Crippen molar-refractivity contribution in [3.8, 4) is 0 Å². The molecule has 0 radical (unpaired) electrons. The lowest BCUT2D eigenvalue weighted by Crippen LogP contribution is -2.22. The van der Waals surface area contributed by atoms with E-state index in [1.807, 2.05) is 13.8 Å². The Labute approximate surface area is 121 Å². The molecule has 0 saturated carbocycles. The number of hydrogen-bond acceptors (Lipinski definition) is 4. The van der Waals surface area contributed by atoms with E-state index >= 15 is 0 Å². The summed E-state index contributed by atoms with van der Waals surface area (Å²) in [7, 11) is 0. The highest BCUT2D eigenvalue weighted by atomic mass is 35.5. The Morgan fingerprint density at radius 1 is 1.53 bits per heavy atom. The predicted molar refractivity (Wildman–Crippen MR) is 77.0 cm³/mol. The summed E-state index contributed by atoms with van der Waals surface area (Å²) in [5.41, 5.74) is 5.49. The van der Waals surface area contributed by atoms with Crippen molar-refractivity contribution < 1.29 is 13.9 Å². The quantitative estimate of drug-likeness (QED) is 0.509. The Hall–Kier alpha value is -0.940. The van der Waals surface area contributed by atoms with Crippen molar-refractivity contribution >= 4 is 35.0 Å². The number of ether oxygens (including phenoxy) is 1. The van der Waals surface area contributed by atoms with Crippen molar-refractivity contribution in [2.45, 2.75) is 43.4 Å². The van der Waals surface area contributed by atoms with Crippen LogP contribution >= 0.6 is 23.4 Å². The first-order valence-corrected chi connectivity index (χ1v) is 7.22. The molecule has 0 spiro atoms. The second kappa shape index (κ2) is 7.01. The number of thioether (sulfide) groups is 1. The molecule has 0 fully saturated rings. The largest absolute Gasteiger partial charge is 0.462 e. The first-order valence-electron chi connectivity index (χ1n) is 5.96. The minimum atomic E-state index is -0.566. The molecule has 0 aliphatic carbocycles. The van der Waals surface area contributed by atoms with Crippen LogP contribution in [0.3, 0.4) is 0 Å². The van der Waals surface area contributed by atoms with E-state index in [2.05, 4.69) is 0 Å². The Kier molecular flexibility index (Phi) is 5.94. The van der Waals surface area contributed by atoms with Crippen molar-refractivity contribution in [3.63, 3.8) is 0 Å². The SMILES string of the molecule is CCC(C)OC(=O)C(C)Sc1cc(N)c(F)cc1Cl. The molecule has 0 aliphatic rings. The lowest BCUT2D eigenvalue weighted by atomic mass is 10.3. The highest BCUT2D eigenvalue weighted by Crippen LogP contribution is 2.33. The van der Waals surface area contributed by atoms with Gasteiger partial charge in [0.2, 0.25) is 0 Å². The van der Waals surface area contributed by atoms with Crippen LogP contribution in [-0.4, -0.2) is 17.3 Å². The summed E-state index contributed by atoms with van der Waals surface area (Å²) >= 11 is 7.12. The normalized spacial score (nSPS) is 13.9. The topological polar surface area (TPSA) is 52.3 Å². The average Bonchev–Trinajstić information content (AvgIpc) is 2.35. The van der Waals surface area contributed by atoms with Crippen LogP contribution in [0.15, 0.2) is 17.0 Å². The minimum Gasteiger partial charge on any atom is -0.462 e. The molecule has 0 aromatic heterocycles. The van der Waals surface area contributed by atoms with Gasteiger partial charge >= 0.3 is 5.97 Å². The smallest absolute Gasteiger partial charge is 0.319 e. The van der Waals surface area contributed by atoms with Gasteiger partial charge in [-0.15, -0.1) is 11.8 Å². The molecule has 1 aromatic rings. The van der Waals surface area contributed by atoms with Crippen molar-refractivity contribution in [2.75, 3.05) is 5.73 Å². The molecule has 0 aliphatic heterocycles. The van der Waals surface area contributed by atoms with E-state index in [1.165, 1.54) is 17.8 Å². The fourth-order valence-electron chi connectivity index (χ4n) is 1.25. The second-order valence-corrected chi connectivity index (χ2v) is 6.01. The standard InChI is InChI=1S/C13H17ClFNO2S/c1-4-7(2)18-13(17)8(3)19-12-6-11(16)10(15)5-9(12)14/h5-8H,4,16H2,1-3H3. The maximum atomic E-state index is 13.2. The van der Waals surface area contributed by atoms with Crippen LogP contribution in [0, 0.1) is 5.82 Å². The van der Waals surface area contributed by atoms with Gasteiger partial charge in [-0.3, -0.25) is 4.79 Å². The number of carbonyl (C=O) groups excluding carboxylic acids is 1. The number of carbonyl (C=O) groups is 1. The number of nitrogen functional groups attached to an aromatic ring is 1. The Balaban J connectivity index is 2.74. The van der Waals surface area contributed by atoms with Crippen LogP contribution in [-0.2, 0) is 9.53 Å². The third-order valence-corrected chi connectivity index (χ3v) is 4.14. The number of nitrogens with two attached hydrogens (primary N) is 1. The predicted octanol–water partition coefficient (Wildman–Crippen LogP) is 3.88. The van der Waals surface area contributed by atoms with Crippen molar-refractivity contribution in [1.29, 1.82) is 0 Å². The van der Waals surface area contributed by atoms with Gasteiger partial charge in [-0.25, -0.2) is 4.39 Å². The number of anilines is 1. The minimum absolute atomic E-state index is 0.00870. The van der Waals surface area contributed by atoms with Gasteiger partial charge in [-0.1, -0.05) is 18.5 Å². The molecule has 0 heterocycles. The maximum absolute atomic E-state index is 13.2. The summed E-state index contributed by atoms with van der Waals surface area (Å²) in [6.07, 6.45) is 0.636. The number of esters is 1. The van der Waals surface area contributed by atoms with Crippen LogP contribution in [0.25, 0.3) is 0 Å². The van der Waals surface area contributed by atoms with Gasteiger partial charge in [0.05, 0.1) is 16.8 Å². The maximum Gasteiger partial charge on any atom is 0.319 e. The number of hydrogen-bond donors (Lipinski definition) is 1. The molecule has 2 N–H and O–H groups in total. The van der Waals surface area contributed by atoms with Crippen molar-refractivity contribution in [1.82, 2.24) is 0 Å². The first kappa shape index (κ1) is 16.1. The number of benzene rings is 1. The molecule has 1 aromatic carbocycles. The van der Waals surface area contributed by atoms with Gasteiger partial charge in [0, 0.05) is 4.90 Å². The molecule has 3 nitrogen and oxygen atoms in total. The summed E-state index contributed by atoms with van der Waals surface area (Å²) in [6.45, 7) is 5.48. The van der Waals surface area contributed by atoms with Crippen LogP contribution < -0.4 is 5.73 Å². The zero-order chi connectivity index (χ0) is 14.6. The molecule has 2 atom stereocenters. The molecule has 2 unspecified atom stereocenters. The van der Waals surface area contributed by atoms with Crippen LogP contribution in [0.1, 0.15) is 27.2 Å². The molecular weight excluding hydrogens is 289 g/mol. The van der Waals surface area contributed by atoms with E-state index in [-0.39, 0.29) is 22.8 Å². The lowest BCUT2D eigenvalue weighted by molar-refractivity contribution is -0.147. The molecule has 6 heteroatoms. The Morgan fingerprint density at radius 3 is 2.74 bits per heavy atom. The monoisotopic (exact) mass is 305 g/mol. The summed E-state index contributed by atoms with van der Waals surface area (Å²) in [5, 5.41) is -0.198. The third kappa shape index (κ3) is 4.58. The van der Waals surface area contributed by atoms with Gasteiger partial charge < -0.3 is 10.5 Å². The lowest BCUT2D eigenvalue weighted by Gasteiger charge is -2.16. The summed E-state index contributed by atoms with van der Waals surface area (Å²) in [5.74, 6) is -0.887. The van der Waals surface area contributed by atoms with Gasteiger partial charge in [0.1, 0.15) is 11.1 Å². The second-order valence-electron chi connectivity index (χ2n) is 4.22. The molecule has 106 valence electrons. The summed E-state index contributed by atoms with van der Waals surface area (Å²) < 4.78 is 18.4. The van der Waals surface area contributed by atoms with Crippen LogP contribution in [0.4, 0.5) is 10.1 Å². The fourth-order valence-corrected chi connectivity index (χ4v) is 2.43. The Bertz CT molecular complexity index is 470. The van der Waals surface area contributed by atoms with E-state index in [0.717, 1.165) is 12.5 Å². The van der Waals surface area contributed by atoms with E-state index in [0.29, 0.717) is 4.90 Å². The number of rotatable bonds is 5. The van der Waals surface area contributed by atoms with E-state index in [9.17, 15) is 9.18 Å². The van der Waals surface area contributed by atoms with Crippen LogP contribution in [0.2, 0.25) is 5.02 Å². The molecule has 19 heavy (non-hydrogen) atoms. The van der Waals surface area contributed by atoms with Gasteiger partial charge in [0.15, 0.2) is 0 Å². The molecule has 0 amide bonds. The third-order valence-electron chi connectivity index (χ3n) is 2.58. The average molecular weight is 306 g/mol. The van der Waals surface area contributed by atoms with Crippen molar-refractivity contribution in [2.24, 2.45) is 0 Å². The van der Waals surface area contributed by atoms with Gasteiger partial charge in [0.25, 0.3) is 0 Å². The number of halogens is 2. The summed E-state index contributed by atoms with van der Waals surface area (Å²) in [6, 6.07) is 2.57. The van der Waals surface area contributed by atoms with Crippen LogP contribution in [0.5, 0.6) is 0 Å². The molecular formula is C13H17ClFNO2S. The molecule has 1 rings (SSSR count). The Morgan fingerprint density at radius 2 is 2.16 bits per heavy atom. The van der Waals surface area contributed by atoms with E-state index < -0.39 is 11.1 Å².